The summed E-state index contributed by atoms with van der Waals surface area (Å²) in [6, 6.07) is 10.7. The lowest BCUT2D eigenvalue weighted by Crippen LogP contribution is -2.41. The summed E-state index contributed by atoms with van der Waals surface area (Å²) in [7, 11) is 0. The van der Waals surface area contributed by atoms with Gasteiger partial charge in [-0.2, -0.15) is 0 Å². The highest BCUT2D eigenvalue weighted by molar-refractivity contribution is 5.34. The molecule has 0 N–H and O–H groups in total. The van der Waals surface area contributed by atoms with E-state index in [1.807, 2.05) is 0 Å². The molecule has 0 radical (unpaired) electrons. The van der Waals surface area contributed by atoms with Crippen molar-refractivity contribution in [1.29, 1.82) is 0 Å². The summed E-state index contributed by atoms with van der Waals surface area (Å²) in [6.07, 6.45) is 6.35. The van der Waals surface area contributed by atoms with E-state index in [2.05, 4.69) is 64.1 Å². The Morgan fingerprint density at radius 1 is 1.14 bits per heavy atom. The Balaban J connectivity index is 1.96. The van der Waals surface area contributed by atoms with E-state index in [1.54, 1.807) is 0 Å². The molecule has 1 aromatic carbocycles. The number of fused-ring (bicyclic) bond motifs is 2. The van der Waals surface area contributed by atoms with Gasteiger partial charge in [-0.1, -0.05) is 57.5 Å². The minimum atomic E-state index is -0.278. The van der Waals surface area contributed by atoms with Crippen molar-refractivity contribution in [3.8, 4) is 0 Å². The number of hydrogen-bond donors (Lipinski definition) is 0. The largest absolute Gasteiger partial charge is 0.498 e. The van der Waals surface area contributed by atoms with Crippen LogP contribution in [0.1, 0.15) is 58.9 Å². The second-order valence-electron chi connectivity index (χ2n) is 7.66. The number of benzene rings is 1. The van der Waals surface area contributed by atoms with E-state index < -0.39 is 0 Å². The van der Waals surface area contributed by atoms with Gasteiger partial charge in [0.15, 0.2) is 0 Å². The molecule has 0 aliphatic carbocycles. The molecule has 0 aromatic heterocycles. The molecule has 2 aliphatic rings. The lowest BCUT2D eigenvalue weighted by Gasteiger charge is -2.43. The summed E-state index contributed by atoms with van der Waals surface area (Å²) in [5.41, 5.74) is 0.849. The highest BCUT2D eigenvalue weighted by Crippen LogP contribution is 2.62. The van der Waals surface area contributed by atoms with Gasteiger partial charge in [0.2, 0.25) is 0 Å². The molecule has 1 fully saturated rings. The summed E-state index contributed by atoms with van der Waals surface area (Å²) >= 11 is 0. The predicted octanol–water partition coefficient (Wildman–Crippen LogP) is 5.19. The predicted molar refractivity (Wildman–Crippen MR) is 89.6 cm³/mol. The second-order valence-corrected chi connectivity index (χ2v) is 7.66. The van der Waals surface area contributed by atoms with Crippen LogP contribution in [0.5, 0.6) is 0 Å². The van der Waals surface area contributed by atoms with Crippen molar-refractivity contribution in [2.75, 3.05) is 6.61 Å². The Kier molecular flexibility index (Phi) is 3.84. The van der Waals surface area contributed by atoms with Crippen LogP contribution in [0.2, 0.25) is 0 Å². The molecular weight excluding hydrogens is 272 g/mol. The smallest absolute Gasteiger partial charge is 0.106 e. The highest BCUT2D eigenvalue weighted by Gasteiger charge is 2.61. The first-order valence-electron chi connectivity index (χ1n) is 8.51. The average molecular weight is 300 g/mol. The van der Waals surface area contributed by atoms with Crippen LogP contribution < -0.4 is 0 Å². The molecule has 22 heavy (non-hydrogen) atoms. The molecule has 2 nitrogen and oxygen atoms in total. The first kappa shape index (κ1) is 15.6. The molecule has 1 aromatic rings. The Hall–Kier alpha value is -1.28. The fourth-order valence-electron chi connectivity index (χ4n) is 4.28. The van der Waals surface area contributed by atoms with Crippen LogP contribution in [0.15, 0.2) is 42.2 Å². The molecule has 3 rings (SSSR count). The third kappa shape index (κ3) is 2.48. The van der Waals surface area contributed by atoms with Gasteiger partial charge in [-0.25, -0.2) is 0 Å². The van der Waals surface area contributed by atoms with E-state index in [0.29, 0.717) is 0 Å². The van der Waals surface area contributed by atoms with Crippen molar-refractivity contribution in [3.05, 3.63) is 47.7 Å². The molecule has 120 valence electrons. The van der Waals surface area contributed by atoms with E-state index in [1.165, 1.54) is 5.56 Å². The van der Waals surface area contributed by atoms with Crippen LogP contribution in [-0.2, 0) is 15.1 Å². The van der Waals surface area contributed by atoms with Crippen molar-refractivity contribution < 1.29 is 9.47 Å². The molecule has 0 unspecified atom stereocenters. The van der Waals surface area contributed by atoms with Crippen LogP contribution >= 0.6 is 0 Å². The SMILES string of the molecule is CCCCOC1=C[C@]2(C)CC(C)(C)[C@](c3ccccc3)(C1)O2. The van der Waals surface area contributed by atoms with Gasteiger partial charge in [0.05, 0.1) is 18.0 Å². The Morgan fingerprint density at radius 3 is 2.55 bits per heavy atom. The maximum atomic E-state index is 6.65. The molecule has 1 saturated heterocycles. The molecule has 2 heteroatoms. The third-order valence-electron chi connectivity index (χ3n) is 5.21. The lowest BCUT2D eigenvalue weighted by atomic mass is 9.69. The number of hydrogen-bond acceptors (Lipinski definition) is 2. The van der Waals surface area contributed by atoms with Gasteiger partial charge in [0, 0.05) is 11.8 Å². The standard InChI is InChI=1S/C20H28O2/c1-5-6-12-21-17-13-19(4)15-18(2,3)20(14-17,22-19)16-10-8-7-9-11-16/h7-11,13H,5-6,12,14-15H2,1-4H3/t19-,20-/m1/s1. The van der Waals surface area contributed by atoms with E-state index in [9.17, 15) is 0 Å². The fourth-order valence-corrected chi connectivity index (χ4v) is 4.28. The number of ether oxygens (including phenoxy) is 2. The summed E-state index contributed by atoms with van der Waals surface area (Å²) in [5.74, 6) is 1.11. The van der Waals surface area contributed by atoms with E-state index in [-0.39, 0.29) is 16.6 Å². The average Bonchev–Trinajstić information content (AvgIpc) is 2.61. The normalized spacial score (nSPS) is 32.6. The summed E-state index contributed by atoms with van der Waals surface area (Å²) in [4.78, 5) is 0. The summed E-state index contributed by atoms with van der Waals surface area (Å²) in [5, 5.41) is 0. The molecule has 2 atom stereocenters. The molecule has 2 bridgehead atoms. The number of rotatable bonds is 5. The van der Waals surface area contributed by atoms with Gasteiger partial charge in [-0.15, -0.1) is 0 Å². The van der Waals surface area contributed by atoms with Crippen LogP contribution in [0, 0.1) is 5.41 Å². The van der Waals surface area contributed by atoms with Crippen molar-refractivity contribution in [3.63, 3.8) is 0 Å². The van der Waals surface area contributed by atoms with Crippen LogP contribution in [0.3, 0.4) is 0 Å². The van der Waals surface area contributed by atoms with Gasteiger partial charge < -0.3 is 9.47 Å². The fraction of sp³-hybridized carbons (Fsp3) is 0.600. The maximum absolute atomic E-state index is 6.65. The van der Waals surface area contributed by atoms with E-state index in [0.717, 1.165) is 38.0 Å². The minimum Gasteiger partial charge on any atom is -0.498 e. The number of unbranched alkanes of at least 4 members (excludes halogenated alkanes) is 1. The van der Waals surface area contributed by atoms with Crippen molar-refractivity contribution in [2.45, 2.75) is 64.6 Å². The third-order valence-corrected chi connectivity index (χ3v) is 5.21. The van der Waals surface area contributed by atoms with Gasteiger partial charge in [0.25, 0.3) is 0 Å². The minimum absolute atomic E-state index is 0.0788. The first-order chi connectivity index (χ1) is 10.4. The molecule has 0 spiro atoms. The topological polar surface area (TPSA) is 18.5 Å². The van der Waals surface area contributed by atoms with Gasteiger partial charge in [0.1, 0.15) is 5.60 Å². The summed E-state index contributed by atoms with van der Waals surface area (Å²) in [6.45, 7) is 9.86. The lowest BCUT2D eigenvalue weighted by molar-refractivity contribution is -0.126. The Labute approximate surface area is 134 Å². The molecule has 2 aliphatic heterocycles. The molecule has 0 amide bonds. The summed E-state index contributed by atoms with van der Waals surface area (Å²) < 4.78 is 12.7. The highest BCUT2D eigenvalue weighted by atomic mass is 16.5. The zero-order chi connectivity index (χ0) is 15.8. The zero-order valence-corrected chi connectivity index (χ0v) is 14.3. The molecular formula is C20H28O2. The van der Waals surface area contributed by atoms with Crippen LogP contribution in [0.4, 0.5) is 0 Å². The monoisotopic (exact) mass is 300 g/mol. The van der Waals surface area contributed by atoms with Crippen LogP contribution in [0.25, 0.3) is 0 Å². The van der Waals surface area contributed by atoms with Crippen molar-refractivity contribution in [1.82, 2.24) is 0 Å². The quantitative estimate of drug-likeness (QED) is 0.697. The van der Waals surface area contributed by atoms with Crippen LogP contribution in [-0.4, -0.2) is 12.2 Å². The van der Waals surface area contributed by atoms with E-state index in [4.69, 9.17) is 9.47 Å². The van der Waals surface area contributed by atoms with Gasteiger partial charge >= 0.3 is 0 Å². The zero-order valence-electron chi connectivity index (χ0n) is 14.3. The van der Waals surface area contributed by atoms with Crippen molar-refractivity contribution in [2.24, 2.45) is 5.41 Å². The molecule has 0 saturated carbocycles. The molecule has 2 heterocycles. The van der Waals surface area contributed by atoms with Gasteiger partial charge in [-0.3, -0.25) is 0 Å². The Morgan fingerprint density at radius 2 is 1.86 bits per heavy atom. The maximum Gasteiger partial charge on any atom is 0.106 e. The van der Waals surface area contributed by atoms with Gasteiger partial charge in [-0.05, 0) is 31.4 Å². The second kappa shape index (κ2) is 5.42. The van der Waals surface area contributed by atoms with Crippen molar-refractivity contribution >= 4 is 0 Å². The Bertz CT molecular complexity index is 560. The first-order valence-corrected chi connectivity index (χ1v) is 8.51. The van der Waals surface area contributed by atoms with E-state index >= 15 is 0 Å².